The van der Waals surface area contributed by atoms with Crippen LogP contribution in [0.4, 0.5) is 0 Å². The Morgan fingerprint density at radius 2 is 2.00 bits per heavy atom. The summed E-state index contributed by atoms with van der Waals surface area (Å²) in [5.74, 6) is -0.366. The average Bonchev–Trinajstić information content (AvgIpc) is 2.27. The van der Waals surface area contributed by atoms with Crippen molar-refractivity contribution in [1.29, 1.82) is 0 Å². The second-order valence-corrected chi connectivity index (χ2v) is 4.62. The minimum absolute atomic E-state index is 0.187. The van der Waals surface area contributed by atoms with E-state index < -0.39 is 37.3 Å². The van der Waals surface area contributed by atoms with E-state index in [0.29, 0.717) is 0 Å². The Balaban J connectivity index is 2.83. The molecular weight excluding hydrogens is 242 g/mol. The van der Waals surface area contributed by atoms with Gasteiger partial charge in [-0.25, -0.2) is 0 Å². The molecule has 7 nitrogen and oxygen atoms in total. The molecule has 0 bridgehead atoms. The number of carbonyl (C=O) groups excluding carboxylic acids is 1. The van der Waals surface area contributed by atoms with Crippen LogP contribution in [0.25, 0.3) is 0 Å². The Hall–Kier alpha value is -0.730. The Labute approximate surface area is 106 Å². The van der Waals surface area contributed by atoms with Gasteiger partial charge in [0.15, 0.2) is 6.29 Å². The van der Waals surface area contributed by atoms with E-state index in [4.69, 9.17) is 14.6 Å². The molecule has 5 atom stereocenters. The lowest BCUT2D eigenvalue weighted by Gasteiger charge is -2.42. The van der Waals surface area contributed by atoms with Gasteiger partial charge in [-0.3, -0.25) is 4.79 Å². The largest absolute Gasteiger partial charge is 0.394 e. The SMILES string of the molecule is CC(=O)NC1C(OC(C)C)OC(CO)C(O)C1O. The first-order chi connectivity index (χ1) is 8.36. The lowest BCUT2D eigenvalue weighted by molar-refractivity contribution is -0.278. The van der Waals surface area contributed by atoms with Gasteiger partial charge in [-0.1, -0.05) is 0 Å². The van der Waals surface area contributed by atoms with E-state index in [1.807, 2.05) is 0 Å². The fraction of sp³-hybridized carbons (Fsp3) is 0.909. The summed E-state index contributed by atoms with van der Waals surface area (Å²) in [7, 11) is 0. The molecule has 1 rings (SSSR count). The van der Waals surface area contributed by atoms with Gasteiger partial charge in [-0.05, 0) is 13.8 Å². The maximum atomic E-state index is 11.1. The smallest absolute Gasteiger partial charge is 0.217 e. The van der Waals surface area contributed by atoms with E-state index in [9.17, 15) is 15.0 Å². The summed E-state index contributed by atoms with van der Waals surface area (Å²) in [5.41, 5.74) is 0. The zero-order chi connectivity index (χ0) is 13.9. The number of aliphatic hydroxyl groups is 3. The van der Waals surface area contributed by atoms with Gasteiger partial charge in [0.05, 0.1) is 12.7 Å². The van der Waals surface area contributed by atoms with Crippen LogP contribution in [0, 0.1) is 0 Å². The third-order valence-electron chi connectivity index (χ3n) is 2.66. The van der Waals surface area contributed by atoms with Gasteiger partial charge >= 0.3 is 0 Å². The van der Waals surface area contributed by atoms with Crippen LogP contribution < -0.4 is 5.32 Å². The summed E-state index contributed by atoms with van der Waals surface area (Å²) in [4.78, 5) is 11.1. The van der Waals surface area contributed by atoms with Crippen LogP contribution in [-0.4, -0.2) is 64.6 Å². The first-order valence-electron chi connectivity index (χ1n) is 5.91. The van der Waals surface area contributed by atoms with Crippen LogP contribution >= 0.6 is 0 Å². The quantitative estimate of drug-likeness (QED) is 0.484. The molecule has 18 heavy (non-hydrogen) atoms. The highest BCUT2D eigenvalue weighted by molar-refractivity contribution is 5.73. The van der Waals surface area contributed by atoms with Crippen LogP contribution in [0.3, 0.4) is 0 Å². The molecule has 0 spiro atoms. The Morgan fingerprint density at radius 3 is 2.44 bits per heavy atom. The molecule has 0 aromatic carbocycles. The normalized spacial score (nSPS) is 36.7. The molecule has 1 heterocycles. The summed E-state index contributed by atoms with van der Waals surface area (Å²) >= 11 is 0. The molecule has 1 aliphatic rings. The van der Waals surface area contributed by atoms with Crippen LogP contribution in [0.1, 0.15) is 20.8 Å². The first-order valence-corrected chi connectivity index (χ1v) is 5.91. The van der Waals surface area contributed by atoms with E-state index in [0.717, 1.165) is 0 Å². The van der Waals surface area contributed by atoms with Gasteiger partial charge in [0, 0.05) is 6.92 Å². The number of aliphatic hydroxyl groups excluding tert-OH is 3. The van der Waals surface area contributed by atoms with Crippen molar-refractivity contribution in [1.82, 2.24) is 5.32 Å². The van der Waals surface area contributed by atoms with Gasteiger partial charge < -0.3 is 30.1 Å². The van der Waals surface area contributed by atoms with Crippen molar-refractivity contribution in [3.8, 4) is 0 Å². The predicted molar refractivity (Wildman–Crippen MR) is 61.6 cm³/mol. The molecule has 1 fully saturated rings. The van der Waals surface area contributed by atoms with Crippen molar-refractivity contribution in [2.45, 2.75) is 57.5 Å². The molecule has 106 valence electrons. The molecular formula is C11H21NO6. The highest BCUT2D eigenvalue weighted by Crippen LogP contribution is 2.22. The summed E-state index contributed by atoms with van der Waals surface area (Å²) in [6.45, 7) is 4.41. The van der Waals surface area contributed by atoms with Crippen LogP contribution in [-0.2, 0) is 14.3 Å². The van der Waals surface area contributed by atoms with Gasteiger partial charge in [-0.2, -0.15) is 0 Å². The number of amides is 1. The second-order valence-electron chi connectivity index (χ2n) is 4.62. The Kier molecular flexibility index (Phi) is 5.48. The molecule has 0 aromatic heterocycles. The maximum absolute atomic E-state index is 11.1. The first kappa shape index (κ1) is 15.3. The summed E-state index contributed by atoms with van der Waals surface area (Å²) in [6.07, 6.45) is -4.58. The van der Waals surface area contributed by atoms with Crippen molar-refractivity contribution < 1.29 is 29.6 Å². The fourth-order valence-corrected chi connectivity index (χ4v) is 1.85. The zero-order valence-corrected chi connectivity index (χ0v) is 10.7. The average molecular weight is 263 g/mol. The lowest BCUT2D eigenvalue weighted by atomic mass is 9.97. The molecule has 1 saturated heterocycles. The van der Waals surface area contributed by atoms with E-state index in [1.165, 1.54) is 6.92 Å². The monoisotopic (exact) mass is 263 g/mol. The van der Waals surface area contributed by atoms with Gasteiger partial charge in [0.1, 0.15) is 24.4 Å². The number of hydrogen-bond donors (Lipinski definition) is 4. The Morgan fingerprint density at radius 1 is 1.39 bits per heavy atom. The van der Waals surface area contributed by atoms with Crippen molar-refractivity contribution >= 4 is 5.91 Å². The second kappa shape index (κ2) is 6.44. The number of ether oxygens (including phenoxy) is 2. The molecule has 0 aliphatic carbocycles. The third kappa shape index (κ3) is 3.63. The van der Waals surface area contributed by atoms with Crippen molar-refractivity contribution in [3.63, 3.8) is 0 Å². The van der Waals surface area contributed by atoms with Crippen LogP contribution in [0.5, 0.6) is 0 Å². The van der Waals surface area contributed by atoms with Crippen molar-refractivity contribution in [2.75, 3.05) is 6.61 Å². The van der Waals surface area contributed by atoms with E-state index in [2.05, 4.69) is 5.32 Å². The fourth-order valence-electron chi connectivity index (χ4n) is 1.85. The van der Waals surface area contributed by atoms with E-state index >= 15 is 0 Å². The third-order valence-corrected chi connectivity index (χ3v) is 2.66. The topological polar surface area (TPSA) is 108 Å². The summed E-state index contributed by atoms with van der Waals surface area (Å²) < 4.78 is 10.8. The van der Waals surface area contributed by atoms with Crippen molar-refractivity contribution in [2.24, 2.45) is 0 Å². The minimum Gasteiger partial charge on any atom is -0.394 e. The number of hydrogen-bond acceptors (Lipinski definition) is 6. The molecule has 0 saturated carbocycles. The van der Waals surface area contributed by atoms with Gasteiger partial charge in [-0.15, -0.1) is 0 Å². The summed E-state index contributed by atoms with van der Waals surface area (Å²) in [5, 5.41) is 31.2. The van der Waals surface area contributed by atoms with Gasteiger partial charge in [0.2, 0.25) is 5.91 Å². The molecule has 7 heteroatoms. The van der Waals surface area contributed by atoms with E-state index in [1.54, 1.807) is 13.8 Å². The lowest BCUT2D eigenvalue weighted by Crippen LogP contribution is -2.64. The highest BCUT2D eigenvalue weighted by atomic mass is 16.7. The molecule has 5 unspecified atom stereocenters. The zero-order valence-electron chi connectivity index (χ0n) is 10.7. The summed E-state index contributed by atoms with van der Waals surface area (Å²) in [6, 6.07) is -0.873. The van der Waals surface area contributed by atoms with Gasteiger partial charge in [0.25, 0.3) is 0 Å². The maximum Gasteiger partial charge on any atom is 0.217 e. The van der Waals surface area contributed by atoms with Crippen molar-refractivity contribution in [3.05, 3.63) is 0 Å². The molecule has 4 N–H and O–H groups in total. The minimum atomic E-state index is -1.28. The highest BCUT2D eigenvalue weighted by Gasteiger charge is 2.45. The number of rotatable bonds is 4. The van der Waals surface area contributed by atoms with E-state index in [-0.39, 0.29) is 12.0 Å². The standard InChI is InChI=1S/C11H21NO6/c1-5(2)17-11-8(12-6(3)14)10(16)9(15)7(4-13)18-11/h5,7-11,13,15-16H,4H2,1-3H3,(H,12,14). The predicted octanol–water partition coefficient (Wildman–Crippen LogP) is -1.64. The molecule has 1 aliphatic heterocycles. The van der Waals surface area contributed by atoms with Crippen LogP contribution in [0.15, 0.2) is 0 Å². The molecule has 0 aromatic rings. The molecule has 1 amide bonds. The number of carbonyl (C=O) groups is 1. The molecule has 0 radical (unpaired) electrons. The van der Waals surface area contributed by atoms with Crippen LogP contribution in [0.2, 0.25) is 0 Å². The Bertz CT molecular complexity index is 285. The number of nitrogens with one attached hydrogen (secondary N) is 1.